The molecule has 0 spiro atoms. The summed E-state index contributed by atoms with van der Waals surface area (Å²) in [7, 11) is 0. The first-order chi connectivity index (χ1) is 10.9. The lowest BCUT2D eigenvalue weighted by Gasteiger charge is -2.54. The quantitative estimate of drug-likeness (QED) is 0.887. The number of carbonyl (C=O) groups is 1. The molecule has 0 aliphatic heterocycles. The van der Waals surface area contributed by atoms with Gasteiger partial charge in [-0.05, 0) is 75.7 Å². The van der Waals surface area contributed by atoms with Crippen molar-refractivity contribution in [3.63, 3.8) is 0 Å². The molecule has 0 atom stereocenters. The smallest absolute Gasteiger partial charge is 0.224 e. The van der Waals surface area contributed by atoms with E-state index in [0.29, 0.717) is 17.4 Å². The number of hydrogen-bond donors (Lipinski definition) is 1. The van der Waals surface area contributed by atoms with Crippen LogP contribution in [0.4, 0.5) is 4.39 Å². The number of nitrogens with one attached hydrogen (secondary N) is 1. The molecule has 0 radical (unpaired) electrons. The molecule has 23 heavy (non-hydrogen) atoms. The Labute approximate surface area is 137 Å². The van der Waals surface area contributed by atoms with Crippen molar-refractivity contribution in [2.45, 2.75) is 51.5 Å². The number of halogens is 1. The van der Waals surface area contributed by atoms with Crippen LogP contribution in [-0.4, -0.2) is 5.91 Å². The summed E-state index contributed by atoms with van der Waals surface area (Å²) in [6.45, 7) is 3.80. The van der Waals surface area contributed by atoms with E-state index in [0.717, 1.165) is 11.8 Å². The lowest BCUT2D eigenvalue weighted by molar-refractivity contribution is -0.139. The maximum Gasteiger partial charge on any atom is 0.224 e. The SMILES string of the molecule is CC(C)(NC(=O)C1C2CC3CC(C2)CC1C3)c1ccccc1F. The number of rotatable bonds is 3. The molecule has 4 aliphatic carbocycles. The van der Waals surface area contributed by atoms with Gasteiger partial charge in [0.15, 0.2) is 0 Å². The second-order valence-electron chi connectivity index (χ2n) is 8.55. The number of hydrogen-bond acceptors (Lipinski definition) is 1. The van der Waals surface area contributed by atoms with Crippen molar-refractivity contribution >= 4 is 5.91 Å². The Morgan fingerprint density at radius 2 is 1.61 bits per heavy atom. The van der Waals surface area contributed by atoms with Gasteiger partial charge in [0.1, 0.15) is 5.82 Å². The van der Waals surface area contributed by atoms with Crippen LogP contribution in [0, 0.1) is 35.4 Å². The molecule has 4 fully saturated rings. The molecule has 2 nitrogen and oxygen atoms in total. The van der Waals surface area contributed by atoms with Gasteiger partial charge in [-0.2, -0.15) is 0 Å². The van der Waals surface area contributed by atoms with Gasteiger partial charge in [0.2, 0.25) is 5.91 Å². The van der Waals surface area contributed by atoms with E-state index in [-0.39, 0.29) is 17.6 Å². The van der Waals surface area contributed by atoms with Gasteiger partial charge in [-0.1, -0.05) is 18.2 Å². The first-order valence-corrected chi connectivity index (χ1v) is 9.01. The predicted octanol–water partition coefficient (Wildman–Crippen LogP) is 4.25. The molecule has 0 saturated heterocycles. The van der Waals surface area contributed by atoms with Gasteiger partial charge in [0.25, 0.3) is 0 Å². The molecule has 4 saturated carbocycles. The Balaban J connectivity index is 1.53. The van der Waals surface area contributed by atoms with Crippen molar-refractivity contribution < 1.29 is 9.18 Å². The van der Waals surface area contributed by atoms with Gasteiger partial charge >= 0.3 is 0 Å². The minimum atomic E-state index is -0.670. The van der Waals surface area contributed by atoms with Crippen molar-refractivity contribution in [3.8, 4) is 0 Å². The van der Waals surface area contributed by atoms with Crippen molar-refractivity contribution in [2.75, 3.05) is 0 Å². The molecule has 1 amide bonds. The summed E-state index contributed by atoms with van der Waals surface area (Å²) in [5.74, 6) is 2.89. The molecule has 1 N–H and O–H groups in total. The molecule has 4 bridgehead atoms. The first kappa shape index (κ1) is 15.2. The summed E-state index contributed by atoms with van der Waals surface area (Å²) in [6.07, 6.45) is 6.30. The molecule has 1 aromatic rings. The third-order valence-corrected chi connectivity index (χ3v) is 6.51. The van der Waals surface area contributed by atoms with Crippen LogP contribution in [0.3, 0.4) is 0 Å². The van der Waals surface area contributed by atoms with Gasteiger partial charge in [-0.25, -0.2) is 4.39 Å². The minimum absolute atomic E-state index is 0.145. The Morgan fingerprint density at radius 3 is 2.17 bits per heavy atom. The van der Waals surface area contributed by atoms with Gasteiger partial charge in [0, 0.05) is 11.5 Å². The molecule has 5 rings (SSSR count). The molecule has 124 valence electrons. The summed E-state index contributed by atoms with van der Waals surface area (Å²) in [4.78, 5) is 13.0. The van der Waals surface area contributed by atoms with Crippen LogP contribution < -0.4 is 5.32 Å². The van der Waals surface area contributed by atoms with Crippen LogP contribution in [-0.2, 0) is 10.3 Å². The summed E-state index contributed by atoms with van der Waals surface area (Å²) in [5.41, 5.74) is -0.103. The fraction of sp³-hybridized carbons (Fsp3) is 0.650. The zero-order valence-electron chi connectivity index (χ0n) is 14.0. The topological polar surface area (TPSA) is 29.1 Å². The summed E-state index contributed by atoms with van der Waals surface area (Å²) in [5, 5.41) is 3.16. The number of amides is 1. The van der Waals surface area contributed by atoms with Crippen LogP contribution >= 0.6 is 0 Å². The second kappa shape index (κ2) is 5.32. The molecular weight excluding hydrogens is 289 g/mol. The van der Waals surface area contributed by atoms with Crippen LogP contribution in [0.25, 0.3) is 0 Å². The highest BCUT2D eigenvalue weighted by molar-refractivity contribution is 5.80. The van der Waals surface area contributed by atoms with E-state index in [2.05, 4.69) is 5.32 Å². The van der Waals surface area contributed by atoms with E-state index >= 15 is 0 Å². The zero-order valence-corrected chi connectivity index (χ0v) is 14.0. The standard InChI is InChI=1S/C20H26FNO/c1-20(2,16-5-3-4-6-17(16)21)22-19(23)18-14-8-12-7-13(10-14)11-15(18)9-12/h3-6,12-15,18H,7-11H2,1-2H3,(H,22,23). The van der Waals surface area contributed by atoms with E-state index in [1.165, 1.54) is 38.2 Å². The van der Waals surface area contributed by atoms with Gasteiger partial charge in [0.05, 0.1) is 5.54 Å². The van der Waals surface area contributed by atoms with Crippen LogP contribution in [0.1, 0.15) is 51.5 Å². The lowest BCUT2D eigenvalue weighted by Crippen LogP contribution is -2.54. The van der Waals surface area contributed by atoms with Crippen molar-refractivity contribution in [2.24, 2.45) is 29.6 Å². The Bertz CT molecular complexity index is 596. The highest BCUT2D eigenvalue weighted by Crippen LogP contribution is 2.56. The van der Waals surface area contributed by atoms with E-state index in [1.54, 1.807) is 12.1 Å². The van der Waals surface area contributed by atoms with E-state index < -0.39 is 5.54 Å². The van der Waals surface area contributed by atoms with E-state index in [4.69, 9.17) is 0 Å². The average molecular weight is 315 g/mol. The van der Waals surface area contributed by atoms with E-state index in [9.17, 15) is 9.18 Å². The Morgan fingerprint density at radius 1 is 1.04 bits per heavy atom. The molecular formula is C20H26FNO. The zero-order chi connectivity index (χ0) is 16.2. The first-order valence-electron chi connectivity index (χ1n) is 9.01. The molecule has 3 heteroatoms. The highest BCUT2D eigenvalue weighted by atomic mass is 19.1. The third-order valence-electron chi connectivity index (χ3n) is 6.51. The van der Waals surface area contributed by atoms with Crippen LogP contribution in [0.5, 0.6) is 0 Å². The maximum absolute atomic E-state index is 14.1. The fourth-order valence-corrected chi connectivity index (χ4v) is 5.78. The molecule has 4 aliphatic rings. The summed E-state index contributed by atoms with van der Waals surface area (Å²) >= 11 is 0. The predicted molar refractivity (Wildman–Crippen MR) is 88.1 cm³/mol. The van der Waals surface area contributed by atoms with Gasteiger partial charge in [-0.3, -0.25) is 4.79 Å². The molecule has 0 unspecified atom stereocenters. The Hall–Kier alpha value is -1.38. The monoisotopic (exact) mass is 315 g/mol. The Kier molecular flexibility index (Phi) is 3.51. The molecule has 0 heterocycles. The van der Waals surface area contributed by atoms with Crippen LogP contribution in [0.2, 0.25) is 0 Å². The highest BCUT2D eigenvalue weighted by Gasteiger charge is 2.51. The van der Waals surface area contributed by atoms with Crippen molar-refractivity contribution in [1.29, 1.82) is 0 Å². The van der Waals surface area contributed by atoms with Gasteiger partial charge in [-0.15, -0.1) is 0 Å². The maximum atomic E-state index is 14.1. The summed E-state index contributed by atoms with van der Waals surface area (Å²) in [6, 6.07) is 6.75. The normalized spacial score (nSPS) is 35.3. The largest absolute Gasteiger partial charge is 0.347 e. The minimum Gasteiger partial charge on any atom is -0.347 e. The third kappa shape index (κ3) is 2.58. The van der Waals surface area contributed by atoms with E-state index in [1.807, 2.05) is 19.9 Å². The van der Waals surface area contributed by atoms with Crippen molar-refractivity contribution in [1.82, 2.24) is 5.32 Å². The fourth-order valence-electron chi connectivity index (χ4n) is 5.78. The van der Waals surface area contributed by atoms with Crippen LogP contribution in [0.15, 0.2) is 24.3 Å². The number of benzene rings is 1. The second-order valence-corrected chi connectivity index (χ2v) is 8.55. The average Bonchev–Trinajstić information content (AvgIpc) is 2.45. The molecule has 1 aromatic carbocycles. The van der Waals surface area contributed by atoms with Gasteiger partial charge < -0.3 is 5.32 Å². The van der Waals surface area contributed by atoms with Crippen molar-refractivity contribution in [3.05, 3.63) is 35.6 Å². The summed E-state index contributed by atoms with van der Waals surface area (Å²) < 4.78 is 14.1. The number of carbonyl (C=O) groups excluding carboxylic acids is 1. The molecule has 0 aromatic heterocycles. The lowest BCUT2D eigenvalue weighted by atomic mass is 9.51.